The van der Waals surface area contributed by atoms with Gasteiger partial charge >= 0.3 is 0 Å². The van der Waals surface area contributed by atoms with Crippen molar-refractivity contribution in [3.8, 4) is 5.75 Å². The van der Waals surface area contributed by atoms with Crippen molar-refractivity contribution in [2.24, 2.45) is 0 Å². The topological polar surface area (TPSA) is 58.6 Å². The molecule has 1 amide bonds. The number of hydrogen-bond donors (Lipinski definition) is 2. The van der Waals surface area contributed by atoms with Gasteiger partial charge in [0.05, 0.1) is 13.7 Å². The van der Waals surface area contributed by atoms with Crippen LogP contribution in [0.25, 0.3) is 6.08 Å². The molecule has 0 aliphatic heterocycles. The minimum absolute atomic E-state index is 0.0926. The van der Waals surface area contributed by atoms with Crippen LogP contribution >= 0.6 is 0 Å². The molecule has 0 aromatic heterocycles. The van der Waals surface area contributed by atoms with Crippen LogP contribution < -0.4 is 10.1 Å². The molecular weight excluding hydrogens is 285 g/mol. The molecule has 0 aliphatic rings. The lowest BCUT2D eigenvalue weighted by molar-refractivity contribution is -0.111. The van der Waals surface area contributed by atoms with Crippen LogP contribution in [0.4, 0.5) is 10.1 Å². The van der Waals surface area contributed by atoms with E-state index in [-0.39, 0.29) is 18.3 Å². The summed E-state index contributed by atoms with van der Waals surface area (Å²) in [6, 6.07) is 11.3. The van der Waals surface area contributed by atoms with Gasteiger partial charge in [-0.05, 0) is 41.5 Å². The van der Waals surface area contributed by atoms with Crippen LogP contribution in [0.1, 0.15) is 11.1 Å². The van der Waals surface area contributed by atoms with E-state index in [0.29, 0.717) is 16.8 Å². The Hall–Kier alpha value is -2.66. The molecule has 0 saturated heterocycles. The molecule has 0 saturated carbocycles. The van der Waals surface area contributed by atoms with Gasteiger partial charge in [-0.1, -0.05) is 18.2 Å². The van der Waals surface area contributed by atoms with E-state index in [4.69, 9.17) is 9.84 Å². The monoisotopic (exact) mass is 301 g/mol. The molecule has 0 atom stereocenters. The third-order valence-electron chi connectivity index (χ3n) is 2.98. The summed E-state index contributed by atoms with van der Waals surface area (Å²) in [6.07, 6.45) is 2.82. The van der Waals surface area contributed by atoms with Crippen LogP contribution in [0.3, 0.4) is 0 Å². The first-order valence-corrected chi connectivity index (χ1v) is 6.65. The van der Waals surface area contributed by atoms with E-state index in [1.807, 2.05) is 0 Å². The Morgan fingerprint density at radius 1 is 1.32 bits per heavy atom. The van der Waals surface area contributed by atoms with Crippen LogP contribution in [-0.4, -0.2) is 18.1 Å². The standard InChI is InChI=1S/C17H16FNO3/c1-22-16-7-5-12(10-15(16)18)6-8-17(21)19-14-4-2-3-13(9-14)11-20/h2-10,20H,11H2,1H3,(H,19,21)/b8-6+. The van der Waals surface area contributed by atoms with Crippen LogP contribution in [0.2, 0.25) is 0 Å². The second-order valence-corrected chi connectivity index (χ2v) is 4.58. The molecule has 0 bridgehead atoms. The first kappa shape index (κ1) is 15.7. The van der Waals surface area contributed by atoms with Gasteiger partial charge in [-0.15, -0.1) is 0 Å². The molecule has 2 N–H and O–H groups in total. The molecule has 5 heteroatoms. The summed E-state index contributed by atoms with van der Waals surface area (Å²) in [5.74, 6) is -0.672. The molecule has 2 aromatic rings. The van der Waals surface area contributed by atoms with E-state index < -0.39 is 5.82 Å². The third-order valence-corrected chi connectivity index (χ3v) is 2.98. The molecular formula is C17H16FNO3. The highest BCUT2D eigenvalue weighted by Gasteiger charge is 2.02. The number of aliphatic hydroxyl groups excluding tert-OH is 1. The zero-order valence-electron chi connectivity index (χ0n) is 12.0. The van der Waals surface area contributed by atoms with E-state index in [0.717, 1.165) is 0 Å². The Morgan fingerprint density at radius 3 is 2.82 bits per heavy atom. The lowest BCUT2D eigenvalue weighted by Gasteiger charge is -2.04. The summed E-state index contributed by atoms with van der Waals surface area (Å²) in [5, 5.41) is 11.7. The maximum absolute atomic E-state index is 13.5. The summed E-state index contributed by atoms with van der Waals surface area (Å²) in [4.78, 5) is 11.8. The number of benzene rings is 2. The Labute approximate surface area is 127 Å². The second-order valence-electron chi connectivity index (χ2n) is 4.58. The van der Waals surface area contributed by atoms with Crippen LogP contribution in [-0.2, 0) is 11.4 Å². The van der Waals surface area contributed by atoms with Gasteiger partial charge in [0, 0.05) is 11.8 Å². The van der Waals surface area contributed by atoms with E-state index in [2.05, 4.69) is 5.32 Å². The molecule has 0 spiro atoms. The number of anilines is 1. The van der Waals surface area contributed by atoms with E-state index in [1.165, 1.54) is 31.4 Å². The van der Waals surface area contributed by atoms with Crippen LogP contribution in [0.5, 0.6) is 5.75 Å². The van der Waals surface area contributed by atoms with Gasteiger partial charge < -0.3 is 15.2 Å². The number of hydrogen-bond acceptors (Lipinski definition) is 3. The first-order valence-electron chi connectivity index (χ1n) is 6.65. The fraction of sp³-hybridized carbons (Fsp3) is 0.118. The maximum atomic E-state index is 13.5. The van der Waals surface area contributed by atoms with Gasteiger partial charge in [0.1, 0.15) is 0 Å². The van der Waals surface area contributed by atoms with E-state index in [1.54, 1.807) is 30.3 Å². The Balaban J connectivity index is 2.03. The van der Waals surface area contributed by atoms with Gasteiger partial charge in [-0.25, -0.2) is 4.39 Å². The number of amides is 1. The Kier molecular flexibility index (Phi) is 5.27. The van der Waals surface area contributed by atoms with Crippen molar-refractivity contribution < 1.29 is 19.0 Å². The van der Waals surface area contributed by atoms with Gasteiger partial charge in [-0.3, -0.25) is 4.79 Å². The molecule has 0 radical (unpaired) electrons. The number of rotatable bonds is 5. The van der Waals surface area contributed by atoms with Gasteiger partial charge in [-0.2, -0.15) is 0 Å². The highest BCUT2D eigenvalue weighted by atomic mass is 19.1. The third kappa shape index (κ3) is 4.17. The molecule has 0 heterocycles. The predicted octanol–water partition coefficient (Wildman–Crippen LogP) is 2.98. The largest absolute Gasteiger partial charge is 0.494 e. The number of ether oxygens (including phenoxy) is 1. The summed E-state index contributed by atoms with van der Waals surface area (Å²) < 4.78 is 18.3. The van der Waals surface area contributed by atoms with Crippen molar-refractivity contribution in [1.29, 1.82) is 0 Å². The van der Waals surface area contributed by atoms with Crippen molar-refractivity contribution in [3.63, 3.8) is 0 Å². The molecule has 0 fully saturated rings. The molecule has 114 valence electrons. The first-order chi connectivity index (χ1) is 10.6. The maximum Gasteiger partial charge on any atom is 0.248 e. The Bertz CT molecular complexity index is 698. The number of nitrogens with one attached hydrogen (secondary N) is 1. The fourth-order valence-electron chi connectivity index (χ4n) is 1.89. The molecule has 2 rings (SSSR count). The van der Waals surface area contributed by atoms with Crippen molar-refractivity contribution in [2.45, 2.75) is 6.61 Å². The van der Waals surface area contributed by atoms with E-state index >= 15 is 0 Å². The summed E-state index contributed by atoms with van der Waals surface area (Å²) in [6.45, 7) is -0.0926. The summed E-state index contributed by atoms with van der Waals surface area (Å²) in [5.41, 5.74) is 1.85. The zero-order chi connectivity index (χ0) is 15.9. The number of carbonyl (C=O) groups excluding carboxylic acids is 1. The Morgan fingerprint density at radius 2 is 2.14 bits per heavy atom. The van der Waals surface area contributed by atoms with Crippen LogP contribution in [0.15, 0.2) is 48.5 Å². The quantitative estimate of drug-likeness (QED) is 0.835. The average Bonchev–Trinajstić information content (AvgIpc) is 2.53. The highest BCUT2D eigenvalue weighted by Crippen LogP contribution is 2.18. The minimum Gasteiger partial charge on any atom is -0.494 e. The minimum atomic E-state index is -0.485. The average molecular weight is 301 g/mol. The van der Waals surface area contributed by atoms with E-state index in [9.17, 15) is 9.18 Å². The normalized spacial score (nSPS) is 10.7. The molecule has 2 aromatic carbocycles. The number of halogens is 1. The van der Waals surface area contributed by atoms with Gasteiger partial charge in [0.25, 0.3) is 0 Å². The molecule has 4 nitrogen and oxygen atoms in total. The van der Waals surface area contributed by atoms with Crippen molar-refractivity contribution in [2.75, 3.05) is 12.4 Å². The van der Waals surface area contributed by atoms with Gasteiger partial charge in [0.15, 0.2) is 11.6 Å². The zero-order valence-corrected chi connectivity index (χ0v) is 12.0. The lowest BCUT2D eigenvalue weighted by Crippen LogP contribution is -2.07. The highest BCUT2D eigenvalue weighted by molar-refractivity contribution is 6.01. The molecule has 22 heavy (non-hydrogen) atoms. The number of carbonyl (C=O) groups is 1. The number of methoxy groups -OCH3 is 1. The van der Waals surface area contributed by atoms with Crippen LogP contribution in [0, 0.1) is 5.82 Å². The van der Waals surface area contributed by atoms with Gasteiger partial charge in [0.2, 0.25) is 5.91 Å². The molecule has 0 aliphatic carbocycles. The smallest absolute Gasteiger partial charge is 0.248 e. The fourth-order valence-corrected chi connectivity index (χ4v) is 1.89. The summed E-state index contributed by atoms with van der Waals surface area (Å²) >= 11 is 0. The number of aliphatic hydroxyl groups is 1. The van der Waals surface area contributed by atoms with Crippen molar-refractivity contribution >= 4 is 17.7 Å². The second kappa shape index (κ2) is 7.38. The molecule has 0 unspecified atom stereocenters. The van der Waals surface area contributed by atoms with Crippen molar-refractivity contribution in [3.05, 3.63) is 65.5 Å². The summed E-state index contributed by atoms with van der Waals surface area (Å²) in [7, 11) is 1.39. The predicted molar refractivity (Wildman–Crippen MR) is 83.0 cm³/mol. The lowest BCUT2D eigenvalue weighted by atomic mass is 10.2. The SMILES string of the molecule is COc1ccc(/C=C/C(=O)Nc2cccc(CO)c2)cc1F. The van der Waals surface area contributed by atoms with Crippen molar-refractivity contribution in [1.82, 2.24) is 0 Å².